The van der Waals surface area contributed by atoms with E-state index in [2.05, 4.69) is 20.0 Å². The number of benzene rings is 2. The zero-order chi connectivity index (χ0) is 23.1. The van der Waals surface area contributed by atoms with E-state index in [1.807, 2.05) is 0 Å². The molecule has 2 N–H and O–H groups in total. The van der Waals surface area contributed by atoms with E-state index in [0.717, 1.165) is 5.56 Å². The third-order valence-corrected chi connectivity index (χ3v) is 5.63. The molecule has 3 rings (SSSR count). The second-order valence-electron chi connectivity index (χ2n) is 6.59. The number of ether oxygens (including phenoxy) is 2. The van der Waals surface area contributed by atoms with Crippen molar-refractivity contribution in [2.24, 2.45) is 0 Å². The second kappa shape index (κ2) is 9.92. The third-order valence-electron chi connectivity index (χ3n) is 4.29. The van der Waals surface area contributed by atoms with Crippen LogP contribution in [0.3, 0.4) is 0 Å². The number of carbonyl (C=O) groups is 1. The molecule has 1 amide bonds. The third kappa shape index (κ3) is 5.82. The monoisotopic (exact) mass is 454 g/mol. The molecular formula is C22H22N4O5S. The number of aromatic nitrogens is 2. The number of rotatable bonds is 8. The van der Waals surface area contributed by atoms with Crippen molar-refractivity contribution in [2.45, 2.75) is 11.8 Å². The maximum Gasteiger partial charge on any atom is 0.264 e. The van der Waals surface area contributed by atoms with E-state index < -0.39 is 10.0 Å². The number of nitrogens with one attached hydrogen (secondary N) is 2. The molecule has 0 aliphatic heterocycles. The summed E-state index contributed by atoms with van der Waals surface area (Å²) in [6.07, 6.45) is 4.46. The van der Waals surface area contributed by atoms with E-state index in [1.165, 1.54) is 43.6 Å². The fraction of sp³-hybridized carbons (Fsp3) is 0.136. The normalized spacial score (nSPS) is 11.2. The van der Waals surface area contributed by atoms with E-state index >= 15 is 0 Å². The Balaban J connectivity index is 1.65. The summed E-state index contributed by atoms with van der Waals surface area (Å²) in [5.74, 6) is 0.758. The van der Waals surface area contributed by atoms with E-state index in [9.17, 15) is 13.2 Å². The number of carbonyl (C=O) groups excluding carboxylic acids is 1. The van der Waals surface area contributed by atoms with Crippen LogP contribution in [0.1, 0.15) is 11.3 Å². The van der Waals surface area contributed by atoms with Crippen LogP contribution in [0.25, 0.3) is 6.08 Å². The maximum atomic E-state index is 12.5. The Bertz CT molecular complexity index is 1240. The summed E-state index contributed by atoms with van der Waals surface area (Å²) in [5, 5.41) is 2.68. The van der Waals surface area contributed by atoms with Crippen LogP contribution < -0.4 is 19.5 Å². The Labute approximate surface area is 186 Å². The summed E-state index contributed by atoms with van der Waals surface area (Å²) in [5.41, 5.74) is 1.83. The van der Waals surface area contributed by atoms with E-state index in [4.69, 9.17) is 9.47 Å². The largest absolute Gasteiger partial charge is 0.493 e. The molecule has 0 saturated heterocycles. The average Bonchev–Trinajstić information content (AvgIpc) is 2.77. The fourth-order valence-corrected chi connectivity index (χ4v) is 3.66. The van der Waals surface area contributed by atoms with Crippen molar-refractivity contribution in [1.29, 1.82) is 0 Å². The van der Waals surface area contributed by atoms with Crippen LogP contribution in [0.2, 0.25) is 0 Å². The molecule has 0 saturated carbocycles. The van der Waals surface area contributed by atoms with E-state index in [0.29, 0.717) is 22.9 Å². The van der Waals surface area contributed by atoms with Gasteiger partial charge < -0.3 is 14.8 Å². The number of methoxy groups -OCH3 is 2. The molecule has 0 spiro atoms. The van der Waals surface area contributed by atoms with Gasteiger partial charge in [0.25, 0.3) is 10.0 Å². The molecule has 1 heterocycles. The van der Waals surface area contributed by atoms with Gasteiger partial charge in [0.15, 0.2) is 11.5 Å². The highest BCUT2D eigenvalue weighted by atomic mass is 32.2. The fourth-order valence-electron chi connectivity index (χ4n) is 2.71. The lowest BCUT2D eigenvalue weighted by molar-refractivity contribution is -0.111. The Hall–Kier alpha value is -3.92. The van der Waals surface area contributed by atoms with Gasteiger partial charge in [0, 0.05) is 23.7 Å². The minimum absolute atomic E-state index is 0.0114. The van der Waals surface area contributed by atoms with Gasteiger partial charge in [0.2, 0.25) is 11.9 Å². The first-order valence-electron chi connectivity index (χ1n) is 9.44. The lowest BCUT2D eigenvalue weighted by Crippen LogP contribution is -2.15. The molecule has 3 aromatic rings. The van der Waals surface area contributed by atoms with Gasteiger partial charge in [-0.25, -0.2) is 23.1 Å². The minimum Gasteiger partial charge on any atom is -0.493 e. The summed E-state index contributed by atoms with van der Waals surface area (Å²) < 4.78 is 37.7. The van der Waals surface area contributed by atoms with Crippen molar-refractivity contribution in [1.82, 2.24) is 9.97 Å². The van der Waals surface area contributed by atoms with Gasteiger partial charge in [-0.05, 0) is 61.0 Å². The molecule has 10 heteroatoms. The molecule has 9 nitrogen and oxygen atoms in total. The van der Waals surface area contributed by atoms with Crippen LogP contribution in [0, 0.1) is 6.92 Å². The van der Waals surface area contributed by atoms with Gasteiger partial charge in [-0.2, -0.15) is 0 Å². The predicted octanol–water partition coefficient (Wildman–Crippen LogP) is 3.25. The Kier molecular flexibility index (Phi) is 7.06. The maximum absolute atomic E-state index is 12.5. The number of amides is 1. The Morgan fingerprint density at radius 2 is 1.72 bits per heavy atom. The van der Waals surface area contributed by atoms with Crippen molar-refractivity contribution < 1.29 is 22.7 Å². The number of aryl methyl sites for hydroxylation is 1. The molecule has 2 aromatic carbocycles. The number of hydrogen-bond acceptors (Lipinski definition) is 7. The number of hydrogen-bond donors (Lipinski definition) is 2. The number of sulfonamides is 1. The zero-order valence-electron chi connectivity index (χ0n) is 17.7. The molecule has 0 radical (unpaired) electrons. The highest BCUT2D eigenvalue weighted by Crippen LogP contribution is 2.28. The highest BCUT2D eigenvalue weighted by molar-refractivity contribution is 7.92. The van der Waals surface area contributed by atoms with Crippen LogP contribution in [0.5, 0.6) is 11.5 Å². The van der Waals surface area contributed by atoms with Gasteiger partial charge in [-0.15, -0.1) is 0 Å². The van der Waals surface area contributed by atoms with Crippen LogP contribution >= 0.6 is 0 Å². The summed E-state index contributed by atoms with van der Waals surface area (Å²) in [7, 11) is -0.779. The first-order valence-corrected chi connectivity index (χ1v) is 10.9. The quantitative estimate of drug-likeness (QED) is 0.501. The smallest absolute Gasteiger partial charge is 0.264 e. The Morgan fingerprint density at radius 3 is 2.38 bits per heavy atom. The Morgan fingerprint density at radius 1 is 1.00 bits per heavy atom. The predicted molar refractivity (Wildman–Crippen MR) is 121 cm³/mol. The van der Waals surface area contributed by atoms with Crippen LogP contribution in [0.4, 0.5) is 11.6 Å². The lowest BCUT2D eigenvalue weighted by Gasteiger charge is -2.08. The first-order chi connectivity index (χ1) is 15.3. The van der Waals surface area contributed by atoms with Gasteiger partial charge in [0.1, 0.15) is 0 Å². The van der Waals surface area contributed by atoms with E-state index in [-0.39, 0.29) is 16.8 Å². The summed E-state index contributed by atoms with van der Waals surface area (Å²) in [6, 6.07) is 12.7. The van der Waals surface area contributed by atoms with Crippen molar-refractivity contribution in [2.75, 3.05) is 24.3 Å². The molecule has 0 atom stereocenters. The van der Waals surface area contributed by atoms with Crippen LogP contribution in [-0.4, -0.2) is 38.5 Å². The number of nitrogens with zero attached hydrogens (tertiary/aromatic N) is 2. The summed E-state index contributed by atoms with van der Waals surface area (Å²) >= 11 is 0. The van der Waals surface area contributed by atoms with Gasteiger partial charge in [-0.1, -0.05) is 6.07 Å². The first kappa shape index (κ1) is 22.8. The minimum atomic E-state index is -3.86. The molecule has 0 fully saturated rings. The van der Waals surface area contributed by atoms with Crippen LogP contribution in [-0.2, 0) is 14.8 Å². The van der Waals surface area contributed by atoms with E-state index in [1.54, 1.807) is 44.4 Å². The molecule has 1 aromatic heterocycles. The summed E-state index contributed by atoms with van der Waals surface area (Å²) in [6.45, 7) is 1.73. The molecular weight excluding hydrogens is 432 g/mol. The molecule has 0 unspecified atom stereocenters. The average molecular weight is 455 g/mol. The second-order valence-corrected chi connectivity index (χ2v) is 8.27. The van der Waals surface area contributed by atoms with Crippen molar-refractivity contribution in [3.8, 4) is 11.5 Å². The zero-order valence-corrected chi connectivity index (χ0v) is 18.5. The molecule has 0 aliphatic carbocycles. The topological polar surface area (TPSA) is 120 Å². The van der Waals surface area contributed by atoms with Crippen molar-refractivity contribution in [3.63, 3.8) is 0 Å². The van der Waals surface area contributed by atoms with Crippen molar-refractivity contribution in [3.05, 3.63) is 72.1 Å². The van der Waals surface area contributed by atoms with Gasteiger partial charge in [0.05, 0.1) is 19.1 Å². The molecule has 166 valence electrons. The van der Waals surface area contributed by atoms with Crippen molar-refractivity contribution >= 4 is 33.6 Å². The standard InChI is InChI=1S/C22H22N4O5S/c1-15-12-13-23-22(24-15)26-32(28,29)18-8-6-17(7-9-18)25-21(27)11-5-16-4-10-19(30-2)20(14-16)31-3/h4-14H,1-3H3,(H,25,27)(H,23,24,26)/b11-5+. The summed E-state index contributed by atoms with van der Waals surface area (Å²) in [4.78, 5) is 20.2. The molecule has 0 bridgehead atoms. The SMILES string of the molecule is COc1ccc(/C=C/C(=O)Nc2ccc(S(=O)(=O)Nc3nccc(C)n3)cc2)cc1OC. The molecule has 32 heavy (non-hydrogen) atoms. The van der Waals surface area contributed by atoms with Crippen LogP contribution in [0.15, 0.2) is 65.7 Å². The number of anilines is 2. The van der Waals surface area contributed by atoms with Gasteiger partial charge in [-0.3, -0.25) is 4.79 Å². The van der Waals surface area contributed by atoms with Gasteiger partial charge >= 0.3 is 0 Å². The highest BCUT2D eigenvalue weighted by Gasteiger charge is 2.15. The molecule has 0 aliphatic rings. The lowest BCUT2D eigenvalue weighted by atomic mass is 10.2.